The largest absolute Gasteiger partial charge is 0.461 e. The average molecular weight is 246 g/mol. The van der Waals surface area contributed by atoms with Crippen LogP contribution >= 0.6 is 0 Å². The monoisotopic (exact) mass is 246 g/mol. The molecule has 2 aromatic heterocycles. The third-order valence-corrected chi connectivity index (χ3v) is 2.87. The summed E-state index contributed by atoms with van der Waals surface area (Å²) in [5, 5.41) is 0. The van der Waals surface area contributed by atoms with Gasteiger partial charge in [0.05, 0.1) is 12.3 Å². The van der Waals surface area contributed by atoms with Crippen LogP contribution in [0.1, 0.15) is 42.0 Å². The van der Waals surface area contributed by atoms with Crippen LogP contribution in [0.2, 0.25) is 0 Å². The van der Waals surface area contributed by atoms with E-state index in [1.807, 2.05) is 36.6 Å². The Balaban J connectivity index is 2.62. The fourth-order valence-corrected chi connectivity index (χ4v) is 2.08. The summed E-state index contributed by atoms with van der Waals surface area (Å²) < 4.78 is 6.95. The predicted octanol–water partition coefficient (Wildman–Crippen LogP) is 2.77. The highest BCUT2D eigenvalue weighted by molar-refractivity contribution is 5.90. The van der Waals surface area contributed by atoms with Crippen molar-refractivity contribution < 1.29 is 9.53 Å². The Kier molecular flexibility index (Phi) is 3.65. The van der Waals surface area contributed by atoms with Gasteiger partial charge in [0, 0.05) is 6.20 Å². The van der Waals surface area contributed by atoms with Gasteiger partial charge in [-0.2, -0.15) is 0 Å². The van der Waals surface area contributed by atoms with E-state index in [4.69, 9.17) is 4.74 Å². The first-order chi connectivity index (χ1) is 8.69. The van der Waals surface area contributed by atoms with E-state index < -0.39 is 0 Å². The van der Waals surface area contributed by atoms with Crippen molar-refractivity contribution in [1.82, 2.24) is 9.38 Å². The molecule has 2 rings (SSSR count). The molecule has 0 saturated heterocycles. The lowest BCUT2D eigenvalue weighted by Gasteiger charge is -2.04. The van der Waals surface area contributed by atoms with Crippen LogP contribution in [0, 0.1) is 6.92 Å². The van der Waals surface area contributed by atoms with Crippen LogP contribution in [0.25, 0.3) is 5.65 Å². The fourth-order valence-electron chi connectivity index (χ4n) is 2.08. The number of fused-ring (bicyclic) bond motifs is 1. The van der Waals surface area contributed by atoms with Crippen LogP contribution in [-0.2, 0) is 11.2 Å². The number of hydrogen-bond acceptors (Lipinski definition) is 3. The first-order valence-electron chi connectivity index (χ1n) is 6.32. The lowest BCUT2D eigenvalue weighted by molar-refractivity contribution is 0.0517. The highest BCUT2D eigenvalue weighted by Gasteiger charge is 2.20. The van der Waals surface area contributed by atoms with E-state index in [2.05, 4.69) is 11.9 Å². The Labute approximate surface area is 107 Å². The van der Waals surface area contributed by atoms with Crippen molar-refractivity contribution in [1.29, 1.82) is 0 Å². The van der Waals surface area contributed by atoms with E-state index in [-0.39, 0.29) is 5.97 Å². The Morgan fingerprint density at radius 2 is 2.22 bits per heavy atom. The summed E-state index contributed by atoms with van der Waals surface area (Å²) in [6, 6.07) is 3.91. The maximum Gasteiger partial charge on any atom is 0.357 e. The van der Waals surface area contributed by atoms with Gasteiger partial charge in [-0.15, -0.1) is 0 Å². The maximum atomic E-state index is 12.0. The first kappa shape index (κ1) is 12.6. The number of aromatic nitrogens is 2. The molecule has 0 aliphatic rings. The third kappa shape index (κ3) is 2.10. The number of ether oxygens (including phenoxy) is 1. The predicted molar refractivity (Wildman–Crippen MR) is 69.9 cm³/mol. The third-order valence-electron chi connectivity index (χ3n) is 2.87. The quantitative estimate of drug-likeness (QED) is 0.779. The Morgan fingerprint density at radius 1 is 1.44 bits per heavy atom. The molecular formula is C14H18N2O2. The molecule has 0 aliphatic carbocycles. The number of aryl methyl sites for hydroxylation is 2. The molecule has 96 valence electrons. The van der Waals surface area contributed by atoms with Crippen LogP contribution in [0.3, 0.4) is 0 Å². The van der Waals surface area contributed by atoms with E-state index >= 15 is 0 Å². The van der Waals surface area contributed by atoms with Gasteiger partial charge in [0.15, 0.2) is 5.69 Å². The molecule has 0 atom stereocenters. The minimum atomic E-state index is -0.293. The van der Waals surface area contributed by atoms with Gasteiger partial charge >= 0.3 is 5.97 Å². The van der Waals surface area contributed by atoms with Crippen LogP contribution in [0.5, 0.6) is 0 Å². The smallest absolute Gasteiger partial charge is 0.357 e. The molecule has 0 N–H and O–H groups in total. The lowest BCUT2D eigenvalue weighted by atomic mass is 10.2. The summed E-state index contributed by atoms with van der Waals surface area (Å²) in [5.41, 5.74) is 3.29. The summed E-state index contributed by atoms with van der Waals surface area (Å²) >= 11 is 0. The van der Waals surface area contributed by atoms with Crippen LogP contribution < -0.4 is 0 Å². The summed E-state index contributed by atoms with van der Waals surface area (Å²) in [6.45, 7) is 6.26. The second-order valence-corrected chi connectivity index (χ2v) is 4.26. The Hall–Kier alpha value is -1.84. The van der Waals surface area contributed by atoms with Crippen molar-refractivity contribution in [3.8, 4) is 0 Å². The maximum absolute atomic E-state index is 12.0. The van der Waals surface area contributed by atoms with Crippen LogP contribution in [0.4, 0.5) is 0 Å². The molecule has 0 saturated carbocycles. The average Bonchev–Trinajstić information content (AvgIpc) is 2.70. The summed E-state index contributed by atoms with van der Waals surface area (Å²) in [5.74, 6) is -0.293. The van der Waals surface area contributed by atoms with Gasteiger partial charge < -0.3 is 4.74 Å². The zero-order valence-electron chi connectivity index (χ0n) is 11.1. The number of nitrogens with zero attached hydrogens (tertiary/aromatic N) is 2. The van der Waals surface area contributed by atoms with E-state index in [1.165, 1.54) is 0 Å². The van der Waals surface area contributed by atoms with E-state index in [0.29, 0.717) is 12.3 Å². The number of carbonyl (C=O) groups is 1. The van der Waals surface area contributed by atoms with Gasteiger partial charge in [-0.25, -0.2) is 9.78 Å². The van der Waals surface area contributed by atoms with Gasteiger partial charge in [-0.05, 0) is 31.9 Å². The molecule has 0 aliphatic heterocycles. The normalized spacial score (nSPS) is 10.8. The minimum absolute atomic E-state index is 0.293. The first-order valence-corrected chi connectivity index (χ1v) is 6.32. The molecule has 0 fully saturated rings. The topological polar surface area (TPSA) is 43.6 Å². The van der Waals surface area contributed by atoms with Gasteiger partial charge in [0.25, 0.3) is 0 Å². The second kappa shape index (κ2) is 5.21. The number of hydrogen-bond donors (Lipinski definition) is 0. The summed E-state index contributed by atoms with van der Waals surface area (Å²) in [6.07, 6.45) is 3.60. The highest BCUT2D eigenvalue weighted by atomic mass is 16.5. The number of imidazole rings is 1. The lowest BCUT2D eigenvalue weighted by Crippen LogP contribution is -2.10. The molecule has 4 nitrogen and oxygen atoms in total. The molecule has 0 unspecified atom stereocenters. The number of carbonyl (C=O) groups excluding carboxylic acids is 1. The Bertz CT molecular complexity index is 572. The van der Waals surface area contributed by atoms with Gasteiger partial charge in [-0.1, -0.05) is 19.4 Å². The molecular weight excluding hydrogens is 228 g/mol. The fraction of sp³-hybridized carbons (Fsp3) is 0.429. The number of esters is 1. The van der Waals surface area contributed by atoms with Crippen molar-refractivity contribution in [2.24, 2.45) is 0 Å². The highest BCUT2D eigenvalue weighted by Crippen LogP contribution is 2.18. The molecule has 18 heavy (non-hydrogen) atoms. The SMILES string of the molecule is CCCc1nc2c(C)cccn2c1C(=O)OCC. The molecule has 4 heteroatoms. The molecule has 0 amide bonds. The standard InChI is InChI=1S/C14H18N2O2/c1-4-7-11-12(14(17)18-5-2)16-9-6-8-10(3)13(16)15-11/h6,8-9H,4-5,7H2,1-3H3. The molecule has 0 aromatic carbocycles. The summed E-state index contributed by atoms with van der Waals surface area (Å²) in [4.78, 5) is 16.6. The molecule has 0 radical (unpaired) electrons. The van der Waals surface area contributed by atoms with Crippen molar-refractivity contribution in [2.45, 2.75) is 33.6 Å². The molecule has 2 heterocycles. The second-order valence-electron chi connectivity index (χ2n) is 4.26. The van der Waals surface area contributed by atoms with E-state index in [1.54, 1.807) is 0 Å². The summed E-state index contributed by atoms with van der Waals surface area (Å²) in [7, 11) is 0. The molecule has 0 spiro atoms. The molecule has 0 bridgehead atoms. The zero-order valence-corrected chi connectivity index (χ0v) is 11.1. The van der Waals surface area contributed by atoms with Crippen LogP contribution in [-0.4, -0.2) is 22.0 Å². The number of pyridine rings is 1. The van der Waals surface area contributed by atoms with Crippen molar-refractivity contribution in [2.75, 3.05) is 6.61 Å². The van der Waals surface area contributed by atoms with Gasteiger partial charge in [0.2, 0.25) is 0 Å². The van der Waals surface area contributed by atoms with E-state index in [9.17, 15) is 4.79 Å². The van der Waals surface area contributed by atoms with Gasteiger partial charge in [0.1, 0.15) is 5.65 Å². The van der Waals surface area contributed by atoms with Gasteiger partial charge in [-0.3, -0.25) is 4.40 Å². The van der Waals surface area contributed by atoms with Crippen molar-refractivity contribution in [3.63, 3.8) is 0 Å². The minimum Gasteiger partial charge on any atom is -0.461 e. The number of rotatable bonds is 4. The van der Waals surface area contributed by atoms with E-state index in [0.717, 1.165) is 29.7 Å². The van der Waals surface area contributed by atoms with Crippen molar-refractivity contribution >= 4 is 11.6 Å². The zero-order chi connectivity index (χ0) is 13.1. The van der Waals surface area contributed by atoms with Crippen molar-refractivity contribution in [3.05, 3.63) is 35.3 Å². The Morgan fingerprint density at radius 3 is 2.89 bits per heavy atom. The molecule has 2 aromatic rings. The van der Waals surface area contributed by atoms with Crippen LogP contribution in [0.15, 0.2) is 18.3 Å².